The Balaban J connectivity index is 2.00. The van der Waals surface area contributed by atoms with Gasteiger partial charge < -0.3 is 15.2 Å². The van der Waals surface area contributed by atoms with E-state index in [1.165, 1.54) is 0 Å². The highest BCUT2D eigenvalue weighted by molar-refractivity contribution is 5.76. The van der Waals surface area contributed by atoms with Crippen LogP contribution >= 0.6 is 0 Å². The first-order chi connectivity index (χ1) is 15.6. The molecule has 176 valence electrons. The second-order valence-corrected chi connectivity index (χ2v) is 7.98. The van der Waals surface area contributed by atoms with E-state index in [-0.39, 0.29) is 18.6 Å². The molecule has 1 aromatic rings. The number of unbranched alkanes of at least 4 members (excludes halogenated alkanes) is 2. The molecule has 4 nitrogen and oxygen atoms in total. The van der Waals surface area contributed by atoms with Crippen molar-refractivity contribution in [1.29, 1.82) is 0 Å². The number of hydrogen-bond acceptors (Lipinski definition) is 3. The SMILES string of the molecule is C[C@H](/C=C\C/C=C\C/C=C\CCCC(=O)N[C@H](C)CO)/C=C\CCCOc1ccccc1. The van der Waals surface area contributed by atoms with Crippen LogP contribution in [0.15, 0.2) is 78.9 Å². The summed E-state index contributed by atoms with van der Waals surface area (Å²) in [6.07, 6.45) is 23.7. The summed E-state index contributed by atoms with van der Waals surface area (Å²) in [6, 6.07) is 9.78. The summed E-state index contributed by atoms with van der Waals surface area (Å²) in [5.41, 5.74) is 0. The standard InChI is InChI=1S/C28H41NO3/c1-25(19-13-11-17-23-32-27-20-14-10-15-21-27)18-12-8-6-4-3-5-7-9-16-22-28(31)29-26(2)24-30/h4-7,10,12-15,18-21,25-26,30H,3,8-9,11,16-17,22-24H2,1-2H3,(H,29,31)/b6-4-,7-5-,18-12-,19-13-/t25-,26-/m1/s1. The fraction of sp³-hybridized carbons (Fsp3) is 0.464. The van der Waals surface area contributed by atoms with Crippen LogP contribution in [0.5, 0.6) is 5.75 Å². The first-order valence-electron chi connectivity index (χ1n) is 11.8. The molecule has 0 saturated carbocycles. The molecule has 0 bridgehead atoms. The van der Waals surface area contributed by atoms with Gasteiger partial charge in [0.2, 0.25) is 5.91 Å². The number of benzene rings is 1. The highest BCUT2D eigenvalue weighted by Crippen LogP contribution is 2.09. The molecule has 2 N–H and O–H groups in total. The molecule has 0 aliphatic rings. The molecule has 4 heteroatoms. The van der Waals surface area contributed by atoms with Crippen LogP contribution in [-0.4, -0.2) is 30.3 Å². The van der Waals surface area contributed by atoms with E-state index in [9.17, 15) is 4.79 Å². The summed E-state index contributed by atoms with van der Waals surface area (Å²) in [5, 5.41) is 11.7. The van der Waals surface area contributed by atoms with Gasteiger partial charge in [0, 0.05) is 12.5 Å². The van der Waals surface area contributed by atoms with E-state index >= 15 is 0 Å². The molecule has 0 aromatic heterocycles. The molecule has 0 spiro atoms. The zero-order chi connectivity index (χ0) is 23.3. The lowest BCUT2D eigenvalue weighted by Crippen LogP contribution is -2.34. The molecule has 0 aliphatic heterocycles. The smallest absolute Gasteiger partial charge is 0.220 e. The van der Waals surface area contributed by atoms with Crippen LogP contribution in [0.3, 0.4) is 0 Å². The molecule has 0 fully saturated rings. The molecule has 2 atom stereocenters. The average Bonchev–Trinajstić information content (AvgIpc) is 2.80. The third-order valence-corrected chi connectivity index (χ3v) is 4.74. The number of nitrogens with one attached hydrogen (secondary N) is 1. The minimum atomic E-state index is -0.165. The minimum Gasteiger partial charge on any atom is -0.494 e. The summed E-state index contributed by atoms with van der Waals surface area (Å²) in [4.78, 5) is 11.6. The number of aliphatic hydroxyl groups is 1. The van der Waals surface area contributed by atoms with Crippen molar-refractivity contribution >= 4 is 5.91 Å². The Kier molecular flexibility index (Phi) is 16.4. The van der Waals surface area contributed by atoms with Gasteiger partial charge in [-0.2, -0.15) is 0 Å². The van der Waals surface area contributed by atoms with Crippen molar-refractivity contribution in [3.63, 3.8) is 0 Å². The molecule has 0 saturated heterocycles. The fourth-order valence-corrected chi connectivity index (χ4v) is 2.91. The summed E-state index contributed by atoms with van der Waals surface area (Å²) in [5.74, 6) is 1.38. The number of amides is 1. The van der Waals surface area contributed by atoms with Gasteiger partial charge >= 0.3 is 0 Å². The second kappa shape index (κ2) is 19.1. The van der Waals surface area contributed by atoms with Crippen LogP contribution in [0.1, 0.15) is 58.8 Å². The van der Waals surface area contributed by atoms with Crippen molar-refractivity contribution in [3.8, 4) is 5.75 Å². The largest absolute Gasteiger partial charge is 0.494 e. The Labute approximate surface area is 194 Å². The molecular formula is C28H41NO3. The third-order valence-electron chi connectivity index (χ3n) is 4.74. The number of ether oxygens (including phenoxy) is 1. The average molecular weight is 440 g/mol. The van der Waals surface area contributed by atoms with E-state index in [0.717, 1.165) is 50.9 Å². The Hall–Kier alpha value is -2.59. The number of carbonyl (C=O) groups is 1. The van der Waals surface area contributed by atoms with Gasteiger partial charge in [-0.25, -0.2) is 0 Å². The number of allylic oxidation sites excluding steroid dienone is 8. The second-order valence-electron chi connectivity index (χ2n) is 7.98. The van der Waals surface area contributed by atoms with E-state index in [2.05, 4.69) is 60.8 Å². The van der Waals surface area contributed by atoms with Gasteiger partial charge in [-0.15, -0.1) is 0 Å². The molecule has 0 heterocycles. The zero-order valence-electron chi connectivity index (χ0n) is 19.8. The van der Waals surface area contributed by atoms with E-state index in [0.29, 0.717) is 12.3 Å². The summed E-state index contributed by atoms with van der Waals surface area (Å²) >= 11 is 0. The van der Waals surface area contributed by atoms with Crippen LogP contribution in [0.2, 0.25) is 0 Å². The Bertz CT molecular complexity index is 707. The van der Waals surface area contributed by atoms with Crippen molar-refractivity contribution in [2.45, 2.75) is 64.8 Å². The summed E-state index contributed by atoms with van der Waals surface area (Å²) in [7, 11) is 0. The van der Waals surface area contributed by atoms with Gasteiger partial charge in [0.15, 0.2) is 0 Å². The number of carbonyl (C=O) groups excluding carboxylic acids is 1. The fourth-order valence-electron chi connectivity index (χ4n) is 2.91. The normalized spacial score (nSPS) is 14.0. The van der Waals surface area contributed by atoms with E-state index < -0.39 is 0 Å². The Morgan fingerprint density at radius 1 is 0.938 bits per heavy atom. The number of hydrogen-bond donors (Lipinski definition) is 2. The summed E-state index contributed by atoms with van der Waals surface area (Å²) in [6.45, 7) is 4.72. The maximum atomic E-state index is 11.6. The maximum absolute atomic E-state index is 11.6. The van der Waals surface area contributed by atoms with Crippen LogP contribution in [-0.2, 0) is 4.79 Å². The van der Waals surface area contributed by atoms with Gasteiger partial charge in [-0.3, -0.25) is 4.79 Å². The Morgan fingerprint density at radius 2 is 1.59 bits per heavy atom. The van der Waals surface area contributed by atoms with E-state index in [1.807, 2.05) is 30.3 Å². The van der Waals surface area contributed by atoms with Crippen molar-refractivity contribution in [2.75, 3.05) is 13.2 Å². The van der Waals surface area contributed by atoms with Gasteiger partial charge in [-0.1, -0.05) is 73.7 Å². The van der Waals surface area contributed by atoms with Crippen LogP contribution in [0.4, 0.5) is 0 Å². The van der Waals surface area contributed by atoms with Gasteiger partial charge in [0.25, 0.3) is 0 Å². The van der Waals surface area contributed by atoms with Crippen LogP contribution in [0.25, 0.3) is 0 Å². The van der Waals surface area contributed by atoms with Crippen molar-refractivity contribution in [1.82, 2.24) is 5.32 Å². The minimum absolute atomic E-state index is 0.00721. The van der Waals surface area contributed by atoms with Gasteiger partial charge in [0.1, 0.15) is 5.75 Å². The molecule has 1 aromatic carbocycles. The van der Waals surface area contributed by atoms with Crippen molar-refractivity contribution in [2.24, 2.45) is 5.92 Å². The van der Waals surface area contributed by atoms with E-state index in [1.54, 1.807) is 6.92 Å². The van der Waals surface area contributed by atoms with Crippen molar-refractivity contribution in [3.05, 3.63) is 78.9 Å². The number of rotatable bonds is 17. The molecule has 32 heavy (non-hydrogen) atoms. The van der Waals surface area contributed by atoms with E-state index in [4.69, 9.17) is 9.84 Å². The molecule has 0 aliphatic carbocycles. The molecular weight excluding hydrogens is 398 g/mol. The molecule has 1 rings (SSSR count). The maximum Gasteiger partial charge on any atom is 0.220 e. The molecule has 0 unspecified atom stereocenters. The monoisotopic (exact) mass is 439 g/mol. The van der Waals surface area contributed by atoms with Gasteiger partial charge in [-0.05, 0) is 63.5 Å². The van der Waals surface area contributed by atoms with Crippen LogP contribution in [0, 0.1) is 5.92 Å². The lowest BCUT2D eigenvalue weighted by molar-refractivity contribution is -0.122. The lowest BCUT2D eigenvalue weighted by atomic mass is 10.1. The van der Waals surface area contributed by atoms with Gasteiger partial charge in [0.05, 0.1) is 13.2 Å². The van der Waals surface area contributed by atoms with Crippen LogP contribution < -0.4 is 10.1 Å². The third kappa shape index (κ3) is 16.1. The molecule has 1 amide bonds. The quantitative estimate of drug-likeness (QED) is 0.226. The zero-order valence-corrected chi connectivity index (χ0v) is 19.8. The lowest BCUT2D eigenvalue weighted by Gasteiger charge is -2.09. The topological polar surface area (TPSA) is 58.6 Å². The number of para-hydroxylation sites is 1. The highest BCUT2D eigenvalue weighted by atomic mass is 16.5. The van der Waals surface area contributed by atoms with Crippen molar-refractivity contribution < 1.29 is 14.6 Å². The first kappa shape index (κ1) is 27.4. The predicted molar refractivity (Wildman–Crippen MR) is 135 cm³/mol. The Morgan fingerprint density at radius 3 is 2.34 bits per heavy atom. The first-order valence-corrected chi connectivity index (χ1v) is 11.8. The predicted octanol–water partition coefficient (Wildman–Crippen LogP) is 6.15. The summed E-state index contributed by atoms with van der Waals surface area (Å²) < 4.78 is 5.69. The highest BCUT2D eigenvalue weighted by Gasteiger charge is 2.04. The number of aliphatic hydroxyl groups excluding tert-OH is 1. The molecule has 0 radical (unpaired) electrons.